The second-order valence-electron chi connectivity index (χ2n) is 5.27. The van der Waals surface area contributed by atoms with Crippen LogP contribution >= 0.6 is 0 Å². The molecule has 1 aromatic rings. The highest BCUT2D eigenvalue weighted by Crippen LogP contribution is 2.25. The van der Waals surface area contributed by atoms with E-state index in [9.17, 15) is 4.79 Å². The first kappa shape index (κ1) is 15.3. The topological polar surface area (TPSA) is 64.3 Å². The Labute approximate surface area is 115 Å². The van der Waals surface area contributed by atoms with Crippen LogP contribution in [-0.2, 0) is 0 Å². The predicted octanol–water partition coefficient (Wildman–Crippen LogP) is 2.83. The van der Waals surface area contributed by atoms with Gasteiger partial charge in [-0.3, -0.25) is 4.79 Å². The molecule has 1 amide bonds. The smallest absolute Gasteiger partial charge is 0.255 e. The second kappa shape index (κ2) is 7.02. The molecule has 0 aliphatic carbocycles. The van der Waals surface area contributed by atoms with Crippen LogP contribution in [0.1, 0.15) is 44.0 Å². The Bertz CT molecular complexity index is 430. The minimum absolute atomic E-state index is 0.139. The largest absolute Gasteiger partial charge is 0.494 e. The van der Waals surface area contributed by atoms with Gasteiger partial charge in [-0.05, 0) is 37.8 Å². The van der Waals surface area contributed by atoms with Crippen molar-refractivity contribution in [3.8, 4) is 5.75 Å². The Balaban J connectivity index is 2.70. The molecule has 1 rings (SSSR count). The summed E-state index contributed by atoms with van der Waals surface area (Å²) in [4.78, 5) is 12.2. The number of nitrogen functional groups attached to an aromatic ring is 1. The highest BCUT2D eigenvalue weighted by Gasteiger charge is 2.16. The lowest BCUT2D eigenvalue weighted by Gasteiger charge is -2.16. The van der Waals surface area contributed by atoms with Gasteiger partial charge < -0.3 is 15.8 Å². The number of ether oxygens (including phenoxy) is 1. The fraction of sp³-hybridized carbons (Fsp3) is 0.533. The molecule has 4 nitrogen and oxygen atoms in total. The highest BCUT2D eigenvalue weighted by molar-refractivity contribution is 5.98. The molecule has 1 unspecified atom stereocenters. The number of nitrogens with two attached hydrogens (primary N) is 1. The molecular formula is C15H24N2O2. The van der Waals surface area contributed by atoms with Crippen LogP contribution in [-0.4, -0.2) is 19.1 Å². The zero-order valence-corrected chi connectivity index (χ0v) is 12.2. The summed E-state index contributed by atoms with van der Waals surface area (Å²) < 4.78 is 5.19. The van der Waals surface area contributed by atoms with Crippen molar-refractivity contribution in [1.29, 1.82) is 0 Å². The first-order valence-electron chi connectivity index (χ1n) is 6.69. The highest BCUT2D eigenvalue weighted by atomic mass is 16.5. The zero-order valence-electron chi connectivity index (χ0n) is 12.2. The number of anilines is 1. The number of amides is 1. The predicted molar refractivity (Wildman–Crippen MR) is 78.4 cm³/mol. The normalized spacial score (nSPS) is 12.3. The van der Waals surface area contributed by atoms with Gasteiger partial charge in [0.15, 0.2) is 5.75 Å². The maximum Gasteiger partial charge on any atom is 0.255 e. The number of para-hydroxylation sites is 1. The molecule has 106 valence electrons. The van der Waals surface area contributed by atoms with E-state index in [1.54, 1.807) is 18.2 Å². The molecule has 0 aliphatic heterocycles. The average Bonchev–Trinajstić information content (AvgIpc) is 2.36. The standard InChI is InChI=1S/C15H24N2O2/c1-10(2)8-9-11(3)17-15(18)12-6-5-7-13(16)14(12)19-4/h5-7,10-11H,8-9,16H2,1-4H3,(H,17,18). The van der Waals surface area contributed by atoms with Crippen LogP contribution in [0.5, 0.6) is 5.75 Å². The van der Waals surface area contributed by atoms with Gasteiger partial charge in [0.25, 0.3) is 5.91 Å². The number of hydrogen-bond acceptors (Lipinski definition) is 3. The van der Waals surface area contributed by atoms with Crippen molar-refractivity contribution in [2.75, 3.05) is 12.8 Å². The van der Waals surface area contributed by atoms with E-state index in [1.807, 2.05) is 6.92 Å². The van der Waals surface area contributed by atoms with Gasteiger partial charge in [0.1, 0.15) is 0 Å². The quantitative estimate of drug-likeness (QED) is 0.776. The third kappa shape index (κ3) is 4.47. The maximum absolute atomic E-state index is 12.2. The summed E-state index contributed by atoms with van der Waals surface area (Å²) >= 11 is 0. The number of methoxy groups -OCH3 is 1. The van der Waals surface area contributed by atoms with Crippen molar-refractivity contribution in [2.45, 2.75) is 39.7 Å². The van der Waals surface area contributed by atoms with Crippen LogP contribution in [0.4, 0.5) is 5.69 Å². The Hall–Kier alpha value is -1.71. The van der Waals surface area contributed by atoms with Gasteiger partial charge in [0.05, 0.1) is 18.4 Å². The van der Waals surface area contributed by atoms with Gasteiger partial charge in [0, 0.05) is 6.04 Å². The lowest BCUT2D eigenvalue weighted by Crippen LogP contribution is -2.33. The second-order valence-corrected chi connectivity index (χ2v) is 5.27. The Kier molecular flexibility index (Phi) is 5.67. The molecule has 0 aromatic heterocycles. The van der Waals surface area contributed by atoms with E-state index in [2.05, 4.69) is 19.2 Å². The summed E-state index contributed by atoms with van der Waals surface area (Å²) in [7, 11) is 1.52. The first-order valence-corrected chi connectivity index (χ1v) is 6.69. The van der Waals surface area contributed by atoms with E-state index in [0.29, 0.717) is 22.9 Å². The third-order valence-corrected chi connectivity index (χ3v) is 3.05. The number of nitrogens with one attached hydrogen (secondary N) is 1. The van der Waals surface area contributed by atoms with Gasteiger partial charge in [-0.2, -0.15) is 0 Å². The van der Waals surface area contributed by atoms with E-state index in [0.717, 1.165) is 12.8 Å². The summed E-state index contributed by atoms with van der Waals surface area (Å²) in [5, 5.41) is 2.98. The molecular weight excluding hydrogens is 240 g/mol. The fourth-order valence-corrected chi connectivity index (χ4v) is 1.92. The lowest BCUT2D eigenvalue weighted by molar-refractivity contribution is 0.0934. The van der Waals surface area contributed by atoms with Crippen molar-refractivity contribution in [3.63, 3.8) is 0 Å². The van der Waals surface area contributed by atoms with Crippen molar-refractivity contribution in [2.24, 2.45) is 5.92 Å². The number of hydrogen-bond donors (Lipinski definition) is 2. The summed E-state index contributed by atoms with van der Waals surface area (Å²) in [6, 6.07) is 5.34. The van der Waals surface area contributed by atoms with Crippen molar-refractivity contribution in [1.82, 2.24) is 5.32 Å². The number of rotatable bonds is 6. The summed E-state index contributed by atoms with van der Waals surface area (Å²) in [6.07, 6.45) is 2.06. The van der Waals surface area contributed by atoms with Crippen molar-refractivity contribution >= 4 is 11.6 Å². The lowest BCUT2D eigenvalue weighted by atomic mass is 10.0. The third-order valence-electron chi connectivity index (χ3n) is 3.05. The van der Waals surface area contributed by atoms with Crippen molar-refractivity contribution in [3.05, 3.63) is 23.8 Å². The van der Waals surface area contributed by atoms with E-state index < -0.39 is 0 Å². The van der Waals surface area contributed by atoms with Crippen LogP contribution in [0.25, 0.3) is 0 Å². The summed E-state index contributed by atoms with van der Waals surface area (Å²) in [6.45, 7) is 6.37. The molecule has 1 aromatic carbocycles. The molecule has 0 radical (unpaired) electrons. The van der Waals surface area contributed by atoms with Crippen LogP contribution in [0.15, 0.2) is 18.2 Å². The van der Waals surface area contributed by atoms with Crippen molar-refractivity contribution < 1.29 is 9.53 Å². The minimum atomic E-state index is -0.139. The van der Waals surface area contributed by atoms with E-state index >= 15 is 0 Å². The van der Waals surface area contributed by atoms with E-state index in [-0.39, 0.29) is 11.9 Å². The van der Waals surface area contributed by atoms with Gasteiger partial charge >= 0.3 is 0 Å². The molecule has 0 heterocycles. The number of carbonyl (C=O) groups excluding carboxylic acids is 1. The van der Waals surface area contributed by atoms with Gasteiger partial charge in [0.2, 0.25) is 0 Å². The maximum atomic E-state index is 12.2. The molecule has 0 saturated heterocycles. The van der Waals surface area contributed by atoms with E-state index in [1.165, 1.54) is 7.11 Å². The van der Waals surface area contributed by atoms with Gasteiger partial charge in [-0.25, -0.2) is 0 Å². The fourth-order valence-electron chi connectivity index (χ4n) is 1.92. The molecule has 0 fully saturated rings. The van der Waals surface area contributed by atoms with Gasteiger partial charge in [-0.1, -0.05) is 19.9 Å². The zero-order chi connectivity index (χ0) is 14.4. The molecule has 4 heteroatoms. The Morgan fingerprint density at radius 2 is 2.00 bits per heavy atom. The molecule has 19 heavy (non-hydrogen) atoms. The number of benzene rings is 1. The monoisotopic (exact) mass is 264 g/mol. The number of carbonyl (C=O) groups is 1. The molecule has 0 saturated carbocycles. The SMILES string of the molecule is COc1c(N)cccc1C(=O)NC(C)CCC(C)C. The summed E-state index contributed by atoms with van der Waals surface area (Å²) in [5.41, 5.74) is 6.76. The van der Waals surface area contributed by atoms with Gasteiger partial charge in [-0.15, -0.1) is 0 Å². The molecule has 3 N–H and O–H groups in total. The molecule has 1 atom stereocenters. The Morgan fingerprint density at radius 1 is 1.32 bits per heavy atom. The first-order chi connectivity index (χ1) is 8.95. The minimum Gasteiger partial charge on any atom is -0.494 e. The Morgan fingerprint density at radius 3 is 2.58 bits per heavy atom. The molecule has 0 bridgehead atoms. The van der Waals surface area contributed by atoms with Crippen LogP contribution in [0, 0.1) is 5.92 Å². The molecule has 0 aliphatic rings. The van der Waals surface area contributed by atoms with Crippen LogP contribution in [0.2, 0.25) is 0 Å². The van der Waals surface area contributed by atoms with E-state index in [4.69, 9.17) is 10.5 Å². The summed E-state index contributed by atoms with van der Waals surface area (Å²) in [5.74, 6) is 0.942. The molecule has 0 spiro atoms. The average molecular weight is 264 g/mol. The van der Waals surface area contributed by atoms with Crippen LogP contribution in [0.3, 0.4) is 0 Å². The van der Waals surface area contributed by atoms with Crippen LogP contribution < -0.4 is 15.8 Å².